The molecule has 204 valence electrons. The SMILES string of the molecule is CCOC(=O)Oc1ccc(C(=O)Nc2ccccc2CNC(=O)CN2C(=O)c3ccc([N+](=O)[O-])cc3C2=O)cc1. The average molecular weight is 546 g/mol. The van der Waals surface area contributed by atoms with Gasteiger partial charge in [0.1, 0.15) is 12.3 Å². The van der Waals surface area contributed by atoms with Crippen molar-refractivity contribution in [1.29, 1.82) is 0 Å². The first-order valence-electron chi connectivity index (χ1n) is 11.9. The number of fused-ring (bicyclic) bond motifs is 1. The first-order valence-corrected chi connectivity index (χ1v) is 11.9. The molecule has 0 unspecified atom stereocenters. The van der Waals surface area contributed by atoms with E-state index in [1.54, 1.807) is 31.2 Å². The van der Waals surface area contributed by atoms with Crippen LogP contribution in [0.25, 0.3) is 0 Å². The number of anilines is 1. The quantitative estimate of drug-likeness (QED) is 0.134. The largest absolute Gasteiger partial charge is 0.513 e. The van der Waals surface area contributed by atoms with E-state index in [-0.39, 0.29) is 41.3 Å². The molecule has 3 aromatic carbocycles. The van der Waals surface area contributed by atoms with Crippen LogP contribution in [0, 0.1) is 10.1 Å². The molecule has 1 heterocycles. The van der Waals surface area contributed by atoms with Gasteiger partial charge < -0.3 is 20.1 Å². The zero-order chi connectivity index (χ0) is 28.8. The molecule has 13 heteroatoms. The number of nitrogens with one attached hydrogen (secondary N) is 2. The van der Waals surface area contributed by atoms with E-state index in [2.05, 4.69) is 10.6 Å². The molecule has 2 N–H and O–H groups in total. The number of imide groups is 1. The van der Waals surface area contributed by atoms with Crippen LogP contribution in [0.5, 0.6) is 5.75 Å². The summed E-state index contributed by atoms with van der Waals surface area (Å²) < 4.78 is 9.67. The summed E-state index contributed by atoms with van der Waals surface area (Å²) in [6, 6.07) is 15.8. The van der Waals surface area contributed by atoms with Gasteiger partial charge in [-0.15, -0.1) is 0 Å². The molecule has 0 spiro atoms. The summed E-state index contributed by atoms with van der Waals surface area (Å²) in [5.74, 6) is -2.43. The lowest BCUT2D eigenvalue weighted by Crippen LogP contribution is -2.40. The Hall–Kier alpha value is -5.59. The molecule has 4 rings (SSSR count). The number of hydrogen-bond acceptors (Lipinski definition) is 9. The summed E-state index contributed by atoms with van der Waals surface area (Å²) in [7, 11) is 0. The van der Waals surface area contributed by atoms with E-state index in [0.717, 1.165) is 12.1 Å². The third-order valence-corrected chi connectivity index (χ3v) is 5.79. The van der Waals surface area contributed by atoms with Crippen molar-refractivity contribution in [3.05, 3.63) is 99.1 Å². The van der Waals surface area contributed by atoms with Gasteiger partial charge in [0, 0.05) is 29.9 Å². The number of nitrogens with zero attached hydrogens (tertiary/aromatic N) is 2. The van der Waals surface area contributed by atoms with E-state index in [0.29, 0.717) is 16.2 Å². The molecular formula is C27H22N4O9. The van der Waals surface area contributed by atoms with Crippen LogP contribution >= 0.6 is 0 Å². The highest BCUT2D eigenvalue weighted by Crippen LogP contribution is 2.26. The predicted molar refractivity (Wildman–Crippen MR) is 139 cm³/mol. The van der Waals surface area contributed by atoms with Crippen molar-refractivity contribution in [2.24, 2.45) is 0 Å². The fraction of sp³-hybridized carbons (Fsp3) is 0.148. The molecule has 3 aromatic rings. The molecule has 1 aliphatic heterocycles. The minimum absolute atomic E-state index is 0.0167. The molecule has 0 saturated heterocycles. The number of carbonyl (C=O) groups excluding carboxylic acids is 5. The van der Waals surface area contributed by atoms with Crippen LogP contribution in [-0.4, -0.2) is 52.8 Å². The summed E-state index contributed by atoms with van der Waals surface area (Å²) in [5, 5.41) is 16.4. The van der Waals surface area contributed by atoms with Gasteiger partial charge in [0.15, 0.2) is 0 Å². The molecular weight excluding hydrogens is 524 g/mol. The molecule has 40 heavy (non-hydrogen) atoms. The number of rotatable bonds is 9. The minimum atomic E-state index is -0.859. The molecule has 0 fully saturated rings. The molecule has 0 aromatic heterocycles. The lowest BCUT2D eigenvalue weighted by Gasteiger charge is -2.15. The molecule has 0 radical (unpaired) electrons. The molecule has 4 amide bonds. The molecule has 0 bridgehead atoms. The molecule has 13 nitrogen and oxygen atoms in total. The van der Waals surface area contributed by atoms with E-state index in [1.165, 1.54) is 30.3 Å². The van der Waals surface area contributed by atoms with Gasteiger partial charge >= 0.3 is 6.16 Å². The van der Waals surface area contributed by atoms with Gasteiger partial charge in [0.25, 0.3) is 23.4 Å². The van der Waals surface area contributed by atoms with E-state index in [4.69, 9.17) is 9.47 Å². The zero-order valence-electron chi connectivity index (χ0n) is 21.0. The normalized spacial score (nSPS) is 12.0. The van der Waals surface area contributed by atoms with Crippen molar-refractivity contribution in [3.8, 4) is 5.75 Å². The Balaban J connectivity index is 1.36. The number of non-ortho nitro benzene ring substituents is 1. The van der Waals surface area contributed by atoms with Crippen LogP contribution < -0.4 is 15.4 Å². The Morgan fingerprint density at radius 3 is 2.35 bits per heavy atom. The van der Waals surface area contributed by atoms with Gasteiger partial charge in [0.05, 0.1) is 22.7 Å². The highest BCUT2D eigenvalue weighted by atomic mass is 16.7. The van der Waals surface area contributed by atoms with Gasteiger partial charge in [-0.2, -0.15) is 0 Å². The topological polar surface area (TPSA) is 174 Å². The Morgan fingerprint density at radius 1 is 0.950 bits per heavy atom. The van der Waals surface area contributed by atoms with Crippen molar-refractivity contribution >= 4 is 41.2 Å². The van der Waals surface area contributed by atoms with E-state index in [1.807, 2.05) is 0 Å². The van der Waals surface area contributed by atoms with Gasteiger partial charge in [-0.3, -0.25) is 34.2 Å². The van der Waals surface area contributed by atoms with Crippen molar-refractivity contribution in [2.75, 3.05) is 18.5 Å². The maximum absolute atomic E-state index is 12.8. The maximum atomic E-state index is 12.8. The van der Waals surface area contributed by atoms with E-state index >= 15 is 0 Å². The summed E-state index contributed by atoms with van der Waals surface area (Å²) in [5.41, 5.74) is 0.737. The third kappa shape index (κ3) is 6.10. The molecule has 0 saturated carbocycles. The summed E-state index contributed by atoms with van der Waals surface area (Å²) in [6.45, 7) is 1.18. The van der Waals surface area contributed by atoms with Crippen LogP contribution in [0.2, 0.25) is 0 Å². The monoisotopic (exact) mass is 546 g/mol. The van der Waals surface area contributed by atoms with Crippen LogP contribution in [0.15, 0.2) is 66.7 Å². The number of amides is 4. The van der Waals surface area contributed by atoms with Gasteiger partial charge in [-0.1, -0.05) is 18.2 Å². The molecule has 0 atom stereocenters. The second-order valence-corrected chi connectivity index (χ2v) is 8.38. The lowest BCUT2D eigenvalue weighted by atomic mass is 10.1. The fourth-order valence-corrected chi connectivity index (χ4v) is 3.84. The third-order valence-electron chi connectivity index (χ3n) is 5.79. The first kappa shape index (κ1) is 27.4. The number of carbonyl (C=O) groups is 5. The second-order valence-electron chi connectivity index (χ2n) is 8.38. The molecule has 0 aliphatic carbocycles. The highest BCUT2D eigenvalue weighted by Gasteiger charge is 2.37. The number of ether oxygens (including phenoxy) is 2. The van der Waals surface area contributed by atoms with Gasteiger partial charge in [-0.25, -0.2) is 4.79 Å². The zero-order valence-corrected chi connectivity index (χ0v) is 21.0. The van der Waals surface area contributed by atoms with Gasteiger partial charge in [0.2, 0.25) is 5.91 Å². The second kappa shape index (κ2) is 11.9. The lowest BCUT2D eigenvalue weighted by molar-refractivity contribution is -0.384. The number of para-hydroxylation sites is 1. The Bertz CT molecular complexity index is 1520. The van der Waals surface area contributed by atoms with Crippen molar-refractivity contribution in [1.82, 2.24) is 10.2 Å². The van der Waals surface area contributed by atoms with Crippen LogP contribution in [0.1, 0.15) is 43.6 Å². The number of nitro groups is 1. The summed E-state index contributed by atoms with van der Waals surface area (Å²) in [4.78, 5) is 73.0. The number of hydrogen-bond donors (Lipinski definition) is 2. The Kier molecular flexibility index (Phi) is 8.13. The van der Waals surface area contributed by atoms with Gasteiger partial charge in [-0.05, 0) is 48.9 Å². The van der Waals surface area contributed by atoms with E-state index in [9.17, 15) is 34.1 Å². The fourth-order valence-electron chi connectivity index (χ4n) is 3.84. The highest BCUT2D eigenvalue weighted by molar-refractivity contribution is 6.22. The van der Waals surface area contributed by atoms with Crippen LogP contribution in [0.4, 0.5) is 16.2 Å². The number of benzene rings is 3. The number of nitro benzene ring substituents is 1. The smallest absolute Gasteiger partial charge is 0.434 e. The average Bonchev–Trinajstić information content (AvgIpc) is 3.17. The summed E-state index contributed by atoms with van der Waals surface area (Å²) >= 11 is 0. The Morgan fingerprint density at radius 2 is 1.65 bits per heavy atom. The first-order chi connectivity index (χ1) is 19.2. The van der Waals surface area contributed by atoms with Crippen LogP contribution in [-0.2, 0) is 16.1 Å². The minimum Gasteiger partial charge on any atom is -0.434 e. The van der Waals surface area contributed by atoms with Crippen molar-refractivity contribution < 1.29 is 38.4 Å². The standard InChI is InChI=1S/C27H22N4O9/c1-2-39-27(36)40-19-10-7-16(8-11-19)24(33)29-22-6-4-3-5-17(22)14-28-23(32)15-30-25(34)20-12-9-18(31(37)38)13-21(20)26(30)35/h3-13H,2,14-15H2,1H3,(H,28,32)(H,29,33). The maximum Gasteiger partial charge on any atom is 0.513 e. The predicted octanol–water partition coefficient (Wildman–Crippen LogP) is 3.29. The summed E-state index contributed by atoms with van der Waals surface area (Å²) in [6.07, 6.45) is -0.859. The molecule has 1 aliphatic rings. The van der Waals surface area contributed by atoms with Crippen molar-refractivity contribution in [3.63, 3.8) is 0 Å². The van der Waals surface area contributed by atoms with Crippen LogP contribution in [0.3, 0.4) is 0 Å². The Labute approximate surface area is 226 Å². The van der Waals surface area contributed by atoms with E-state index < -0.39 is 41.3 Å². The van der Waals surface area contributed by atoms with Crippen molar-refractivity contribution in [2.45, 2.75) is 13.5 Å².